The van der Waals surface area contributed by atoms with Gasteiger partial charge in [-0.25, -0.2) is 0 Å². The normalized spacial score (nSPS) is 29.9. The van der Waals surface area contributed by atoms with Gasteiger partial charge in [0, 0.05) is 51.4 Å². The third kappa shape index (κ3) is 3.36. The van der Waals surface area contributed by atoms with Gasteiger partial charge in [0.2, 0.25) is 0 Å². The number of rotatable bonds is 2. The highest BCUT2D eigenvalue weighted by atomic mass is 16.5. The molecule has 0 bridgehead atoms. The largest absolute Gasteiger partial charge is 0.459 e. The Morgan fingerprint density at radius 2 is 1.96 bits per heavy atom. The molecule has 3 aliphatic heterocycles. The SMILES string of the molecule is O=C(c1ccco1)N1CC[C@H]2CN(C3CCOCC3)CCO[C@H]2C1. The lowest BCUT2D eigenvalue weighted by molar-refractivity contribution is -0.0181. The number of fused-ring (bicyclic) bond motifs is 1. The molecule has 4 heterocycles. The predicted molar refractivity (Wildman–Crippen MR) is 87.9 cm³/mol. The first-order valence-electron chi connectivity index (χ1n) is 9.07. The van der Waals surface area contributed by atoms with Crippen molar-refractivity contribution in [2.45, 2.75) is 31.4 Å². The number of nitrogens with zero attached hydrogens (tertiary/aromatic N) is 2. The van der Waals surface area contributed by atoms with Gasteiger partial charge in [0.05, 0.1) is 19.0 Å². The number of amides is 1. The molecule has 0 N–H and O–H groups in total. The molecular weight excluding hydrogens is 308 g/mol. The molecule has 6 heteroatoms. The summed E-state index contributed by atoms with van der Waals surface area (Å²) in [7, 11) is 0. The van der Waals surface area contributed by atoms with Gasteiger partial charge in [0.15, 0.2) is 5.76 Å². The summed E-state index contributed by atoms with van der Waals surface area (Å²) in [5, 5.41) is 0. The fraction of sp³-hybridized carbons (Fsp3) is 0.722. The van der Waals surface area contributed by atoms with Gasteiger partial charge in [-0.1, -0.05) is 0 Å². The van der Waals surface area contributed by atoms with E-state index in [1.165, 1.54) is 0 Å². The maximum absolute atomic E-state index is 12.5. The first kappa shape index (κ1) is 16.1. The second kappa shape index (κ2) is 7.25. The number of hydrogen-bond donors (Lipinski definition) is 0. The molecule has 0 spiro atoms. The molecular formula is C18H26N2O4. The molecule has 3 fully saturated rings. The van der Waals surface area contributed by atoms with E-state index in [0.29, 0.717) is 24.3 Å². The Morgan fingerprint density at radius 3 is 2.75 bits per heavy atom. The van der Waals surface area contributed by atoms with E-state index in [1.54, 1.807) is 18.4 Å². The van der Waals surface area contributed by atoms with Crippen molar-refractivity contribution in [3.63, 3.8) is 0 Å². The average Bonchev–Trinajstić information content (AvgIpc) is 3.08. The standard InChI is InChI=1S/C18H26N2O4/c21-18(16-2-1-8-23-16)20-6-3-14-12-19(7-11-24-17(14)13-20)15-4-9-22-10-5-15/h1-2,8,14-15,17H,3-7,9-13H2/t14-,17-/m0/s1. The van der Waals surface area contributed by atoms with E-state index in [0.717, 1.165) is 58.7 Å². The van der Waals surface area contributed by atoms with Crippen molar-refractivity contribution in [3.05, 3.63) is 24.2 Å². The van der Waals surface area contributed by atoms with Gasteiger partial charge in [-0.15, -0.1) is 0 Å². The van der Waals surface area contributed by atoms with E-state index < -0.39 is 0 Å². The fourth-order valence-electron chi connectivity index (χ4n) is 4.20. The summed E-state index contributed by atoms with van der Waals surface area (Å²) in [6.45, 7) is 6.03. The lowest BCUT2D eigenvalue weighted by Crippen LogP contribution is -2.50. The molecule has 6 nitrogen and oxygen atoms in total. The minimum absolute atomic E-state index is 0.0208. The van der Waals surface area contributed by atoms with E-state index in [1.807, 2.05) is 4.90 Å². The second-order valence-corrected chi connectivity index (χ2v) is 7.02. The van der Waals surface area contributed by atoms with Crippen LogP contribution in [-0.4, -0.2) is 73.9 Å². The van der Waals surface area contributed by atoms with Crippen LogP contribution in [0.3, 0.4) is 0 Å². The summed E-state index contributed by atoms with van der Waals surface area (Å²) in [5.74, 6) is 0.912. The zero-order valence-electron chi connectivity index (χ0n) is 14.1. The topological polar surface area (TPSA) is 55.2 Å². The Bertz CT molecular complexity index is 541. The van der Waals surface area contributed by atoms with E-state index in [9.17, 15) is 4.79 Å². The van der Waals surface area contributed by atoms with Crippen LogP contribution in [0.5, 0.6) is 0 Å². The maximum Gasteiger partial charge on any atom is 0.289 e. The molecule has 3 saturated heterocycles. The number of furan rings is 1. The van der Waals surface area contributed by atoms with Crippen molar-refractivity contribution < 1.29 is 18.7 Å². The molecule has 0 aliphatic carbocycles. The van der Waals surface area contributed by atoms with Crippen LogP contribution in [0.15, 0.2) is 22.8 Å². The lowest BCUT2D eigenvalue weighted by atomic mass is 9.92. The molecule has 0 saturated carbocycles. The van der Waals surface area contributed by atoms with Crippen LogP contribution in [0.1, 0.15) is 29.8 Å². The number of ether oxygens (including phenoxy) is 2. The molecule has 132 valence electrons. The van der Waals surface area contributed by atoms with Crippen LogP contribution in [0, 0.1) is 5.92 Å². The quantitative estimate of drug-likeness (QED) is 0.823. The fourth-order valence-corrected chi connectivity index (χ4v) is 4.20. The van der Waals surface area contributed by atoms with Gasteiger partial charge in [-0.05, 0) is 31.4 Å². The molecule has 24 heavy (non-hydrogen) atoms. The van der Waals surface area contributed by atoms with Gasteiger partial charge in [0.25, 0.3) is 5.91 Å². The van der Waals surface area contributed by atoms with Gasteiger partial charge in [0.1, 0.15) is 0 Å². The molecule has 1 aromatic heterocycles. The summed E-state index contributed by atoms with van der Waals surface area (Å²) >= 11 is 0. The summed E-state index contributed by atoms with van der Waals surface area (Å²) in [6, 6.07) is 4.12. The van der Waals surface area contributed by atoms with Crippen molar-refractivity contribution in [2.24, 2.45) is 5.92 Å². The zero-order valence-corrected chi connectivity index (χ0v) is 14.1. The monoisotopic (exact) mass is 334 g/mol. The highest BCUT2D eigenvalue weighted by Gasteiger charge is 2.37. The van der Waals surface area contributed by atoms with Crippen molar-refractivity contribution in [2.75, 3.05) is 46.0 Å². The number of carbonyl (C=O) groups is 1. The zero-order chi connectivity index (χ0) is 16.4. The molecule has 1 amide bonds. The number of likely N-dealkylation sites (tertiary alicyclic amines) is 1. The molecule has 0 unspecified atom stereocenters. The second-order valence-electron chi connectivity index (χ2n) is 7.02. The Balaban J connectivity index is 1.38. The lowest BCUT2D eigenvalue weighted by Gasteiger charge is -2.39. The van der Waals surface area contributed by atoms with Crippen molar-refractivity contribution >= 4 is 5.91 Å². The van der Waals surface area contributed by atoms with Crippen LogP contribution >= 0.6 is 0 Å². The van der Waals surface area contributed by atoms with Crippen molar-refractivity contribution in [1.82, 2.24) is 9.80 Å². The van der Waals surface area contributed by atoms with E-state index in [2.05, 4.69) is 4.90 Å². The Labute approximate surface area is 142 Å². The van der Waals surface area contributed by atoms with Gasteiger partial charge in [-0.2, -0.15) is 0 Å². The molecule has 1 aromatic rings. The minimum atomic E-state index is -0.0208. The van der Waals surface area contributed by atoms with Crippen LogP contribution in [0.25, 0.3) is 0 Å². The summed E-state index contributed by atoms with van der Waals surface area (Å²) in [5.41, 5.74) is 0. The Morgan fingerprint density at radius 1 is 1.08 bits per heavy atom. The van der Waals surface area contributed by atoms with E-state index in [-0.39, 0.29) is 12.0 Å². The summed E-state index contributed by atoms with van der Waals surface area (Å²) < 4.78 is 16.9. The molecule has 4 rings (SSSR count). The summed E-state index contributed by atoms with van der Waals surface area (Å²) in [4.78, 5) is 17.0. The first-order valence-corrected chi connectivity index (χ1v) is 9.07. The van der Waals surface area contributed by atoms with Gasteiger partial charge in [-0.3, -0.25) is 9.69 Å². The predicted octanol–water partition coefficient (Wildman–Crippen LogP) is 1.62. The highest BCUT2D eigenvalue weighted by molar-refractivity contribution is 5.91. The number of hydrogen-bond acceptors (Lipinski definition) is 5. The van der Waals surface area contributed by atoms with Crippen molar-refractivity contribution in [3.8, 4) is 0 Å². The summed E-state index contributed by atoms with van der Waals surface area (Å²) in [6.07, 6.45) is 4.94. The third-order valence-electron chi connectivity index (χ3n) is 5.60. The Kier molecular flexibility index (Phi) is 4.87. The maximum atomic E-state index is 12.5. The highest BCUT2D eigenvalue weighted by Crippen LogP contribution is 2.27. The number of piperidine rings is 1. The van der Waals surface area contributed by atoms with Gasteiger partial charge >= 0.3 is 0 Å². The van der Waals surface area contributed by atoms with E-state index >= 15 is 0 Å². The first-order chi connectivity index (χ1) is 11.8. The van der Waals surface area contributed by atoms with Crippen LogP contribution < -0.4 is 0 Å². The van der Waals surface area contributed by atoms with E-state index in [4.69, 9.17) is 13.9 Å². The third-order valence-corrected chi connectivity index (χ3v) is 5.60. The smallest absolute Gasteiger partial charge is 0.289 e. The van der Waals surface area contributed by atoms with Crippen LogP contribution in [0.2, 0.25) is 0 Å². The average molecular weight is 334 g/mol. The van der Waals surface area contributed by atoms with Crippen molar-refractivity contribution in [1.29, 1.82) is 0 Å². The van der Waals surface area contributed by atoms with Crippen LogP contribution in [0.4, 0.5) is 0 Å². The van der Waals surface area contributed by atoms with Crippen LogP contribution in [-0.2, 0) is 9.47 Å². The molecule has 2 atom stereocenters. The number of carbonyl (C=O) groups excluding carboxylic acids is 1. The van der Waals surface area contributed by atoms with Gasteiger partial charge < -0.3 is 18.8 Å². The molecule has 0 radical (unpaired) electrons. The Hall–Kier alpha value is -1.37. The molecule has 0 aromatic carbocycles. The molecule has 3 aliphatic rings. The minimum Gasteiger partial charge on any atom is -0.459 e.